The Kier molecular flexibility index (Phi) is 6.78. The van der Waals surface area contributed by atoms with Gasteiger partial charge in [0.2, 0.25) is 5.95 Å². The quantitative estimate of drug-likeness (QED) is 0.638. The molecule has 1 aromatic carbocycles. The smallest absolute Gasteiger partial charge is 0.415 e. The third-order valence-corrected chi connectivity index (χ3v) is 6.27. The monoisotopic (exact) mass is 459 g/mol. The molecule has 4 rings (SSSR count). The van der Waals surface area contributed by atoms with E-state index in [1.165, 1.54) is 0 Å². The van der Waals surface area contributed by atoms with E-state index in [9.17, 15) is 13.6 Å². The van der Waals surface area contributed by atoms with Gasteiger partial charge in [0.25, 0.3) is 5.92 Å². The maximum absolute atomic E-state index is 13.7. The van der Waals surface area contributed by atoms with Gasteiger partial charge in [-0.05, 0) is 43.0 Å². The predicted molar refractivity (Wildman–Crippen MR) is 122 cm³/mol. The predicted octanol–water partition coefficient (Wildman–Crippen LogP) is 4.86. The van der Waals surface area contributed by atoms with Gasteiger partial charge in [0.05, 0.1) is 18.6 Å². The summed E-state index contributed by atoms with van der Waals surface area (Å²) in [5.74, 6) is -1.43. The lowest BCUT2D eigenvalue weighted by Crippen LogP contribution is -2.41. The van der Waals surface area contributed by atoms with Crippen LogP contribution < -0.4 is 10.2 Å². The van der Waals surface area contributed by atoms with E-state index in [4.69, 9.17) is 4.74 Å². The molecule has 0 bridgehead atoms. The molecule has 0 unspecified atom stereocenters. The summed E-state index contributed by atoms with van der Waals surface area (Å²) in [6.45, 7) is 7.48. The number of ether oxygens (including phenoxy) is 1. The van der Waals surface area contributed by atoms with E-state index in [2.05, 4.69) is 15.3 Å². The number of alkyl halides is 2. The van der Waals surface area contributed by atoms with Crippen LogP contribution in [0.25, 0.3) is 0 Å². The minimum atomic E-state index is -2.59. The van der Waals surface area contributed by atoms with Crippen molar-refractivity contribution in [1.82, 2.24) is 14.9 Å². The number of halogens is 2. The molecular formula is C24H31F2N5O2. The van der Waals surface area contributed by atoms with Gasteiger partial charge in [0.1, 0.15) is 12.4 Å². The molecule has 9 heteroatoms. The maximum atomic E-state index is 13.7. The van der Waals surface area contributed by atoms with Crippen LogP contribution in [0.4, 0.5) is 25.3 Å². The van der Waals surface area contributed by atoms with Crippen LogP contribution in [-0.2, 0) is 11.3 Å². The first-order valence-electron chi connectivity index (χ1n) is 11.5. The number of anilines is 2. The molecule has 2 fully saturated rings. The summed E-state index contributed by atoms with van der Waals surface area (Å²) in [6, 6.07) is 9.49. The molecule has 3 heterocycles. The second-order valence-corrected chi connectivity index (χ2v) is 9.27. The number of aromatic nitrogens is 2. The summed E-state index contributed by atoms with van der Waals surface area (Å²) in [6.07, 6.45) is 1.73. The Balaban J connectivity index is 1.40. The number of carbonyl (C=O) groups is 1. The van der Waals surface area contributed by atoms with Gasteiger partial charge in [-0.15, -0.1) is 0 Å². The van der Waals surface area contributed by atoms with Crippen LogP contribution >= 0.6 is 0 Å². The lowest BCUT2D eigenvalue weighted by atomic mass is 10.0. The Hall–Kier alpha value is -2.81. The first kappa shape index (κ1) is 23.4. The topological polar surface area (TPSA) is 70.6 Å². The highest BCUT2D eigenvalue weighted by molar-refractivity contribution is 5.89. The van der Waals surface area contributed by atoms with Crippen LogP contribution in [0, 0.1) is 5.92 Å². The summed E-state index contributed by atoms with van der Waals surface area (Å²) in [4.78, 5) is 24.5. The molecule has 2 aromatic rings. The van der Waals surface area contributed by atoms with Gasteiger partial charge in [0.15, 0.2) is 0 Å². The van der Waals surface area contributed by atoms with Gasteiger partial charge in [-0.2, -0.15) is 4.98 Å². The van der Waals surface area contributed by atoms with E-state index in [1.807, 2.05) is 49.9 Å². The van der Waals surface area contributed by atoms with Crippen molar-refractivity contribution < 1.29 is 18.3 Å². The second kappa shape index (κ2) is 9.59. The number of hydrogen-bond acceptors (Lipinski definition) is 6. The van der Waals surface area contributed by atoms with E-state index in [0.29, 0.717) is 37.9 Å². The van der Waals surface area contributed by atoms with E-state index in [0.717, 1.165) is 11.1 Å². The lowest BCUT2D eigenvalue weighted by Gasteiger charge is -2.32. The third-order valence-electron chi connectivity index (χ3n) is 6.27. The SMILES string of the molecule is CC(C)[C@H]1COC(=O)N1c1ccnc(N[C@@H](C)c2ccc(CN3CCCC(F)(F)C3)cc2)n1. The summed E-state index contributed by atoms with van der Waals surface area (Å²) >= 11 is 0. The average Bonchev–Trinajstić information content (AvgIpc) is 3.15. The Morgan fingerprint density at radius 3 is 2.67 bits per heavy atom. The second-order valence-electron chi connectivity index (χ2n) is 9.27. The molecule has 0 spiro atoms. The molecular weight excluding hydrogens is 428 g/mol. The van der Waals surface area contributed by atoms with E-state index >= 15 is 0 Å². The summed E-state index contributed by atoms with van der Waals surface area (Å²) in [7, 11) is 0. The fraction of sp³-hybridized carbons (Fsp3) is 0.542. The highest BCUT2D eigenvalue weighted by atomic mass is 19.3. The van der Waals surface area contributed by atoms with Crippen molar-refractivity contribution in [3.63, 3.8) is 0 Å². The summed E-state index contributed by atoms with van der Waals surface area (Å²) < 4.78 is 32.5. The number of nitrogens with zero attached hydrogens (tertiary/aromatic N) is 4. The van der Waals surface area contributed by atoms with Crippen molar-refractivity contribution in [2.75, 3.05) is 29.9 Å². The van der Waals surface area contributed by atoms with Crippen molar-refractivity contribution in [2.24, 2.45) is 5.92 Å². The minimum absolute atomic E-state index is 0.0219. The molecule has 0 saturated carbocycles. The molecule has 178 valence electrons. The van der Waals surface area contributed by atoms with E-state index in [1.54, 1.807) is 17.2 Å². The van der Waals surface area contributed by atoms with Crippen LogP contribution in [-0.4, -0.2) is 52.6 Å². The van der Waals surface area contributed by atoms with Crippen molar-refractivity contribution in [3.8, 4) is 0 Å². The van der Waals surface area contributed by atoms with Crippen molar-refractivity contribution in [2.45, 2.75) is 58.2 Å². The van der Waals surface area contributed by atoms with E-state index in [-0.39, 0.29) is 31.0 Å². The molecule has 0 aliphatic carbocycles. The van der Waals surface area contributed by atoms with Gasteiger partial charge >= 0.3 is 6.09 Å². The van der Waals surface area contributed by atoms with Crippen molar-refractivity contribution in [1.29, 1.82) is 0 Å². The number of amides is 1. The first-order valence-corrected chi connectivity index (χ1v) is 11.5. The molecule has 2 aliphatic rings. The number of hydrogen-bond donors (Lipinski definition) is 1. The highest BCUT2D eigenvalue weighted by Crippen LogP contribution is 2.28. The Labute approximate surface area is 193 Å². The normalized spacial score (nSPS) is 21.8. The number of rotatable bonds is 7. The fourth-order valence-electron chi connectivity index (χ4n) is 4.37. The average molecular weight is 460 g/mol. The zero-order valence-corrected chi connectivity index (χ0v) is 19.3. The van der Waals surface area contributed by atoms with Crippen molar-refractivity contribution in [3.05, 3.63) is 47.7 Å². The van der Waals surface area contributed by atoms with Gasteiger partial charge in [-0.3, -0.25) is 9.80 Å². The van der Waals surface area contributed by atoms with Crippen LogP contribution in [0.5, 0.6) is 0 Å². The minimum Gasteiger partial charge on any atom is -0.447 e. The Morgan fingerprint density at radius 1 is 1.21 bits per heavy atom. The molecule has 2 atom stereocenters. The molecule has 1 N–H and O–H groups in total. The molecule has 1 aromatic heterocycles. The largest absolute Gasteiger partial charge is 0.447 e. The van der Waals surface area contributed by atoms with Crippen LogP contribution in [0.3, 0.4) is 0 Å². The Morgan fingerprint density at radius 2 is 1.97 bits per heavy atom. The molecule has 1 amide bonds. The molecule has 33 heavy (non-hydrogen) atoms. The number of likely N-dealkylation sites (tertiary alicyclic amines) is 1. The van der Waals surface area contributed by atoms with Gasteiger partial charge in [0, 0.05) is 19.2 Å². The third kappa shape index (κ3) is 5.58. The lowest BCUT2D eigenvalue weighted by molar-refractivity contribution is -0.0661. The highest BCUT2D eigenvalue weighted by Gasteiger charge is 2.37. The fourth-order valence-corrected chi connectivity index (χ4v) is 4.37. The van der Waals surface area contributed by atoms with Gasteiger partial charge in [-0.25, -0.2) is 18.6 Å². The van der Waals surface area contributed by atoms with Gasteiger partial charge < -0.3 is 10.1 Å². The number of benzene rings is 1. The van der Waals surface area contributed by atoms with Crippen LogP contribution in [0.15, 0.2) is 36.5 Å². The molecule has 2 aliphatic heterocycles. The zero-order chi connectivity index (χ0) is 23.6. The molecule has 2 saturated heterocycles. The van der Waals surface area contributed by atoms with Gasteiger partial charge in [-0.1, -0.05) is 38.1 Å². The maximum Gasteiger partial charge on any atom is 0.415 e. The number of carbonyl (C=O) groups excluding carboxylic acids is 1. The van der Waals surface area contributed by atoms with Crippen LogP contribution in [0.1, 0.15) is 50.8 Å². The summed E-state index contributed by atoms with van der Waals surface area (Å²) in [5, 5.41) is 3.28. The number of nitrogens with one attached hydrogen (secondary N) is 1. The zero-order valence-electron chi connectivity index (χ0n) is 19.3. The van der Waals surface area contributed by atoms with Crippen molar-refractivity contribution >= 4 is 17.9 Å². The van der Waals surface area contributed by atoms with E-state index < -0.39 is 12.0 Å². The first-order chi connectivity index (χ1) is 15.7. The molecule has 7 nitrogen and oxygen atoms in total. The molecule has 0 radical (unpaired) electrons. The number of piperidine rings is 1. The number of cyclic esters (lactones) is 1. The summed E-state index contributed by atoms with van der Waals surface area (Å²) in [5.41, 5.74) is 2.03. The standard InChI is InChI=1S/C24H31F2N5O2/c1-16(2)20-14-33-23(32)31(20)21-9-11-27-22(29-21)28-17(3)19-7-5-18(6-8-19)13-30-12-4-10-24(25,26)15-30/h5-9,11,16-17,20H,4,10,12-15H2,1-3H3,(H,27,28,29)/t17-,20+/m0/s1. The Bertz CT molecular complexity index is 970. The van der Waals surface area contributed by atoms with Crippen LogP contribution in [0.2, 0.25) is 0 Å².